The van der Waals surface area contributed by atoms with Gasteiger partial charge in [0.2, 0.25) is 70.9 Å². The van der Waals surface area contributed by atoms with Crippen molar-refractivity contribution in [2.45, 2.75) is 139 Å². The lowest BCUT2D eigenvalue weighted by atomic mass is 10.0. The van der Waals surface area contributed by atoms with Gasteiger partial charge in [0.1, 0.15) is 66.2 Å². The summed E-state index contributed by atoms with van der Waals surface area (Å²) in [6.07, 6.45) is -1.35. The maximum atomic E-state index is 14.0. The summed E-state index contributed by atoms with van der Waals surface area (Å²) >= 11 is 1.25. The van der Waals surface area contributed by atoms with Crippen molar-refractivity contribution < 1.29 is 88.2 Å². The fourth-order valence-electron chi connectivity index (χ4n) is 8.75. The summed E-state index contributed by atoms with van der Waals surface area (Å²) in [6, 6.07) is -0.903. The first-order valence-electron chi connectivity index (χ1n) is 28.0. The van der Waals surface area contributed by atoms with E-state index in [0.29, 0.717) is 17.5 Å². The standard InChI is InChI=1S/C55H83N13O18S/c1-28(2)20-37(51(82)67-44(29(3)72)54(85)62-36(46(57)77)21-31-10-7-6-8-11-31)60-42(75)23-58-48(79)39(26-70)65-55(86)45(30(4)73)66-49(80)35(17-19-87-5)61-52(83)40(27-71)64-50(81)38(22-32-13-15-33(74)16-14-32)63-53(84)41-12-9-18-68(41)43(76)24-59-47(78)34(56)25-69/h6-8,10-11,13-16,28-30,34-41,44-45,69-74H,9,12,17-27,56H2,1-5H3,(H2,57,77)(H,58,79)(H,59,78)(H,60,75)(H,61,83)(H,62,85)(H,63,84)(H,64,81)(H,65,86)(H,66,80)(H,67,82)/t29-,30-,34+,35+,36+,37+,38+,39+,40+,41+,44+,45+/m1/s1. The van der Waals surface area contributed by atoms with Gasteiger partial charge in [0, 0.05) is 19.4 Å². The zero-order chi connectivity index (χ0) is 65.1. The van der Waals surface area contributed by atoms with Gasteiger partial charge in [-0.15, -0.1) is 0 Å². The molecular formula is C55H83N13O18S. The van der Waals surface area contributed by atoms with Gasteiger partial charge < -0.3 is 100 Å². The highest BCUT2D eigenvalue weighted by Gasteiger charge is 2.39. The Hall–Kier alpha value is -8.01. The Bertz CT molecular complexity index is 2670. The van der Waals surface area contributed by atoms with Gasteiger partial charge in [-0.3, -0.25) is 57.5 Å². The number of phenolic OH excluding ortho intramolecular Hbond substituents is 1. The molecule has 12 amide bonds. The van der Waals surface area contributed by atoms with Crippen LogP contribution in [0.5, 0.6) is 5.75 Å². The first-order chi connectivity index (χ1) is 41.1. The summed E-state index contributed by atoms with van der Waals surface area (Å²) in [5.74, 6) is -11.7. The number of aromatic hydroxyl groups is 1. The van der Waals surface area contributed by atoms with Gasteiger partial charge >= 0.3 is 0 Å². The van der Waals surface area contributed by atoms with E-state index in [1.165, 1.54) is 47.9 Å². The third-order valence-corrected chi connectivity index (χ3v) is 14.2. The zero-order valence-corrected chi connectivity index (χ0v) is 49.8. The average Bonchev–Trinajstić information content (AvgIpc) is 3.96. The number of nitrogens with two attached hydrogens (primary N) is 2. The second-order valence-electron chi connectivity index (χ2n) is 21.1. The minimum Gasteiger partial charge on any atom is -0.508 e. The quantitative estimate of drug-likeness (QED) is 0.0301. The van der Waals surface area contributed by atoms with Gasteiger partial charge in [0.25, 0.3) is 0 Å². The fourth-order valence-corrected chi connectivity index (χ4v) is 9.22. The van der Waals surface area contributed by atoms with E-state index in [-0.39, 0.29) is 56.1 Å². The number of aliphatic hydroxyl groups excluding tert-OH is 5. The number of hydrogen-bond acceptors (Lipinski definition) is 20. The molecule has 2 aromatic carbocycles. The summed E-state index contributed by atoms with van der Waals surface area (Å²) in [6.45, 7) is 1.68. The van der Waals surface area contributed by atoms with Crippen LogP contribution in [-0.4, -0.2) is 231 Å². The lowest BCUT2D eigenvalue weighted by Crippen LogP contribution is -2.62. The average molecular weight is 1250 g/mol. The molecule has 1 fully saturated rings. The molecule has 0 aliphatic carbocycles. The molecule has 3 rings (SSSR count). The molecule has 0 aromatic heterocycles. The minimum atomic E-state index is -1.86. The molecule has 31 nitrogen and oxygen atoms in total. The van der Waals surface area contributed by atoms with E-state index in [1.54, 1.807) is 50.4 Å². The van der Waals surface area contributed by atoms with E-state index in [2.05, 4.69) is 53.2 Å². The third kappa shape index (κ3) is 24.4. The summed E-state index contributed by atoms with van der Waals surface area (Å²) in [5, 5.41) is 84.4. The SMILES string of the molecule is CSCC[C@H](NC(=O)[C@H](CO)NC(=O)[C@H](Cc1ccc(O)cc1)NC(=O)[C@@H]1CCCN1C(=O)CNC(=O)[C@@H](N)CO)C(=O)N[C@H](C(=O)N[C@@H](CO)C(=O)NCC(=O)N[C@@H](CC(C)C)C(=O)N[C@H](C(=O)N[C@@H](Cc1ccccc1)C(N)=O)[C@@H](C)O)[C@@H](C)O. The highest BCUT2D eigenvalue weighted by molar-refractivity contribution is 7.98. The van der Waals surface area contributed by atoms with Gasteiger partial charge in [-0.2, -0.15) is 11.8 Å². The molecule has 20 N–H and O–H groups in total. The summed E-state index contributed by atoms with van der Waals surface area (Å²) in [5.41, 5.74) is 12.1. The van der Waals surface area contributed by atoms with Gasteiger partial charge in [0.15, 0.2) is 0 Å². The number of benzene rings is 2. The number of aliphatic hydroxyl groups is 5. The summed E-state index contributed by atoms with van der Waals surface area (Å²) in [7, 11) is 0. The first-order valence-corrected chi connectivity index (χ1v) is 29.3. The van der Waals surface area contributed by atoms with E-state index in [0.717, 1.165) is 6.92 Å². The predicted octanol–water partition coefficient (Wildman–Crippen LogP) is -7.37. The van der Waals surface area contributed by atoms with Gasteiger partial charge in [-0.1, -0.05) is 56.3 Å². The topological polar surface area (TPSA) is 502 Å². The normalized spacial score (nSPS) is 16.7. The van der Waals surface area contributed by atoms with Crippen LogP contribution in [0.15, 0.2) is 54.6 Å². The Morgan fingerprint density at radius 2 is 1.07 bits per heavy atom. The van der Waals surface area contributed by atoms with E-state index in [4.69, 9.17) is 16.6 Å². The van der Waals surface area contributed by atoms with Crippen LogP contribution in [-0.2, 0) is 70.4 Å². The summed E-state index contributed by atoms with van der Waals surface area (Å²) < 4.78 is 0. The van der Waals surface area contributed by atoms with E-state index in [1.807, 2.05) is 0 Å². The Morgan fingerprint density at radius 3 is 1.61 bits per heavy atom. The molecule has 0 saturated carbocycles. The molecule has 12 atom stereocenters. The van der Waals surface area contributed by atoms with Crippen molar-refractivity contribution in [3.05, 3.63) is 65.7 Å². The second kappa shape index (κ2) is 36.9. The molecular weight excluding hydrogens is 1160 g/mol. The molecule has 1 saturated heterocycles. The Labute approximate surface area is 506 Å². The molecule has 32 heteroatoms. The summed E-state index contributed by atoms with van der Waals surface area (Å²) in [4.78, 5) is 161. The number of phenols is 1. The van der Waals surface area contributed by atoms with Gasteiger partial charge in [-0.25, -0.2) is 0 Å². The van der Waals surface area contributed by atoms with Crippen LogP contribution in [0.2, 0.25) is 0 Å². The van der Waals surface area contributed by atoms with Gasteiger partial charge in [0.05, 0.1) is 45.1 Å². The molecule has 0 unspecified atom stereocenters. The fraction of sp³-hybridized carbons (Fsp3) is 0.564. The Balaban J connectivity index is 1.69. The molecule has 482 valence electrons. The first kappa shape index (κ1) is 73.2. The minimum absolute atomic E-state index is 0.00551. The van der Waals surface area contributed by atoms with E-state index >= 15 is 0 Å². The number of amides is 12. The van der Waals surface area contributed by atoms with Crippen LogP contribution in [0.1, 0.15) is 64.5 Å². The van der Waals surface area contributed by atoms with Crippen molar-refractivity contribution in [2.24, 2.45) is 17.4 Å². The number of thioether (sulfide) groups is 1. The molecule has 1 aliphatic rings. The third-order valence-electron chi connectivity index (χ3n) is 13.6. The van der Waals surface area contributed by atoms with E-state index < -0.39 is 176 Å². The van der Waals surface area contributed by atoms with Crippen LogP contribution < -0.4 is 64.6 Å². The van der Waals surface area contributed by atoms with Crippen LogP contribution in [0.3, 0.4) is 0 Å². The Kier molecular flexibility index (Phi) is 31.0. The predicted molar refractivity (Wildman–Crippen MR) is 312 cm³/mol. The smallest absolute Gasteiger partial charge is 0.245 e. The molecule has 0 radical (unpaired) electrons. The van der Waals surface area contributed by atoms with Crippen molar-refractivity contribution in [3.63, 3.8) is 0 Å². The highest BCUT2D eigenvalue weighted by Crippen LogP contribution is 2.19. The molecule has 0 spiro atoms. The molecule has 2 aromatic rings. The number of primary amides is 1. The molecule has 1 heterocycles. The lowest BCUT2D eigenvalue weighted by Gasteiger charge is -2.28. The van der Waals surface area contributed by atoms with Crippen LogP contribution in [0.4, 0.5) is 0 Å². The number of likely N-dealkylation sites (tertiary alicyclic amines) is 1. The maximum Gasteiger partial charge on any atom is 0.245 e. The van der Waals surface area contributed by atoms with Gasteiger partial charge in [-0.05, 0) is 80.7 Å². The highest BCUT2D eigenvalue weighted by atomic mass is 32.2. The van der Waals surface area contributed by atoms with Crippen molar-refractivity contribution >= 4 is 82.6 Å². The number of nitrogens with zero attached hydrogens (tertiary/aromatic N) is 1. The van der Waals surface area contributed by atoms with E-state index in [9.17, 15) is 83.1 Å². The monoisotopic (exact) mass is 1250 g/mol. The zero-order valence-electron chi connectivity index (χ0n) is 49.0. The van der Waals surface area contributed by atoms with Crippen LogP contribution in [0, 0.1) is 5.92 Å². The van der Waals surface area contributed by atoms with Crippen molar-refractivity contribution in [3.8, 4) is 5.75 Å². The Morgan fingerprint density at radius 1 is 0.575 bits per heavy atom. The number of carbonyl (C=O) groups excluding carboxylic acids is 12. The van der Waals surface area contributed by atoms with Crippen molar-refractivity contribution in [1.29, 1.82) is 0 Å². The maximum absolute atomic E-state index is 14.0. The van der Waals surface area contributed by atoms with Crippen molar-refractivity contribution in [2.75, 3.05) is 51.5 Å². The number of rotatable bonds is 36. The van der Waals surface area contributed by atoms with Crippen molar-refractivity contribution in [1.82, 2.24) is 58.1 Å². The number of nitrogens with one attached hydrogen (secondary N) is 10. The molecule has 87 heavy (non-hydrogen) atoms. The van der Waals surface area contributed by atoms with Crippen LogP contribution in [0.25, 0.3) is 0 Å². The molecule has 0 bridgehead atoms. The second-order valence-corrected chi connectivity index (χ2v) is 22.1. The largest absolute Gasteiger partial charge is 0.508 e. The van der Waals surface area contributed by atoms with Crippen LogP contribution >= 0.6 is 11.8 Å². The lowest BCUT2D eigenvalue weighted by molar-refractivity contribution is -0.140. The number of carbonyl (C=O) groups is 12. The molecule has 1 aliphatic heterocycles. The number of hydrogen-bond donors (Lipinski definition) is 18.